The van der Waals surface area contributed by atoms with Crippen molar-refractivity contribution in [2.75, 3.05) is 45.3 Å². The predicted molar refractivity (Wildman–Crippen MR) is 119 cm³/mol. The maximum Gasteiger partial charge on any atom is 0.257 e. The third-order valence-corrected chi connectivity index (χ3v) is 7.34. The van der Waals surface area contributed by atoms with Crippen molar-refractivity contribution in [2.45, 2.75) is 0 Å². The van der Waals surface area contributed by atoms with Crippen molar-refractivity contribution in [3.63, 3.8) is 0 Å². The van der Waals surface area contributed by atoms with E-state index < -0.39 is 0 Å². The van der Waals surface area contributed by atoms with E-state index >= 15 is 0 Å². The molecule has 3 heterocycles. The average molecular weight is 444 g/mol. The van der Waals surface area contributed by atoms with E-state index in [1.807, 2.05) is 23.1 Å². The van der Waals surface area contributed by atoms with Crippen LogP contribution in [0.3, 0.4) is 0 Å². The highest BCUT2D eigenvalue weighted by Gasteiger charge is 2.42. The second-order valence-corrected chi connectivity index (χ2v) is 9.26. The molecule has 2 aliphatic heterocycles. The molecule has 2 fully saturated rings. The zero-order valence-corrected chi connectivity index (χ0v) is 18.4. The number of anilines is 1. The molecular weight excluding hydrogens is 422 g/mol. The SMILES string of the molecule is COc1ccc(C(=O)N2C[C@@H]3CN(c4nc5ccc(Cl)cc5s4)C[C@@H]3C2)c(OC)c1. The molecule has 2 aliphatic rings. The lowest BCUT2D eigenvalue weighted by Crippen LogP contribution is -2.33. The summed E-state index contributed by atoms with van der Waals surface area (Å²) in [5, 5.41) is 1.77. The monoisotopic (exact) mass is 443 g/mol. The molecule has 156 valence electrons. The zero-order chi connectivity index (χ0) is 20.8. The minimum atomic E-state index is 0.0186. The number of aromatic nitrogens is 1. The van der Waals surface area contributed by atoms with Gasteiger partial charge in [-0.05, 0) is 30.3 Å². The van der Waals surface area contributed by atoms with Crippen molar-refractivity contribution >= 4 is 44.2 Å². The van der Waals surface area contributed by atoms with Gasteiger partial charge in [-0.15, -0.1) is 0 Å². The molecule has 8 heteroatoms. The van der Waals surface area contributed by atoms with Crippen LogP contribution in [0, 0.1) is 11.8 Å². The van der Waals surface area contributed by atoms with E-state index in [4.69, 9.17) is 26.1 Å². The van der Waals surface area contributed by atoms with E-state index in [2.05, 4.69) is 4.90 Å². The van der Waals surface area contributed by atoms with Crippen LogP contribution >= 0.6 is 22.9 Å². The van der Waals surface area contributed by atoms with Crippen LogP contribution in [0.2, 0.25) is 5.02 Å². The van der Waals surface area contributed by atoms with Gasteiger partial charge in [0.05, 0.1) is 30.0 Å². The normalized spacial score (nSPS) is 20.6. The van der Waals surface area contributed by atoms with Crippen molar-refractivity contribution in [3.05, 3.63) is 47.0 Å². The molecule has 30 heavy (non-hydrogen) atoms. The third kappa shape index (κ3) is 3.36. The van der Waals surface area contributed by atoms with E-state index in [1.165, 1.54) is 0 Å². The van der Waals surface area contributed by atoms with Crippen LogP contribution in [0.1, 0.15) is 10.4 Å². The first-order valence-corrected chi connectivity index (χ1v) is 11.1. The summed E-state index contributed by atoms with van der Waals surface area (Å²) in [6.07, 6.45) is 0. The van der Waals surface area contributed by atoms with Crippen LogP contribution in [-0.4, -0.2) is 56.2 Å². The minimum absolute atomic E-state index is 0.0186. The Kier molecular flexibility index (Phi) is 4.95. The summed E-state index contributed by atoms with van der Waals surface area (Å²) in [6.45, 7) is 3.35. The lowest BCUT2D eigenvalue weighted by Gasteiger charge is -2.22. The number of halogens is 1. The first-order valence-electron chi connectivity index (χ1n) is 9.88. The Morgan fingerprint density at radius 3 is 2.53 bits per heavy atom. The molecule has 0 N–H and O–H groups in total. The molecule has 0 aliphatic carbocycles. The maximum absolute atomic E-state index is 13.1. The Balaban J connectivity index is 1.29. The molecule has 3 aromatic rings. The van der Waals surface area contributed by atoms with E-state index in [-0.39, 0.29) is 5.91 Å². The molecule has 0 unspecified atom stereocenters. The number of hydrogen-bond acceptors (Lipinski definition) is 6. The maximum atomic E-state index is 13.1. The second-order valence-electron chi connectivity index (χ2n) is 7.81. The molecule has 2 aromatic carbocycles. The Morgan fingerprint density at radius 2 is 1.83 bits per heavy atom. The van der Waals surface area contributed by atoms with E-state index in [9.17, 15) is 4.79 Å². The molecule has 0 radical (unpaired) electrons. The van der Waals surface area contributed by atoms with Gasteiger partial charge in [0, 0.05) is 49.1 Å². The van der Waals surface area contributed by atoms with Gasteiger partial charge in [-0.25, -0.2) is 4.98 Å². The van der Waals surface area contributed by atoms with Gasteiger partial charge in [0.15, 0.2) is 5.13 Å². The number of nitrogens with zero attached hydrogens (tertiary/aromatic N) is 3. The Morgan fingerprint density at radius 1 is 1.07 bits per heavy atom. The molecule has 0 saturated carbocycles. The third-order valence-electron chi connectivity index (χ3n) is 6.02. The second kappa shape index (κ2) is 7.63. The number of carbonyl (C=O) groups excluding carboxylic acids is 1. The predicted octanol–water partition coefficient (Wildman–Crippen LogP) is 4.18. The molecule has 1 amide bonds. The highest BCUT2D eigenvalue weighted by molar-refractivity contribution is 7.22. The molecule has 1 aromatic heterocycles. The largest absolute Gasteiger partial charge is 0.497 e. The first kappa shape index (κ1) is 19.5. The molecule has 6 nitrogen and oxygen atoms in total. The van der Waals surface area contributed by atoms with Crippen LogP contribution < -0.4 is 14.4 Å². The molecule has 0 spiro atoms. The fraction of sp³-hybridized carbons (Fsp3) is 0.364. The van der Waals surface area contributed by atoms with Crippen LogP contribution in [0.25, 0.3) is 10.2 Å². The van der Waals surface area contributed by atoms with Gasteiger partial charge in [-0.3, -0.25) is 4.79 Å². The summed E-state index contributed by atoms with van der Waals surface area (Å²) >= 11 is 7.79. The zero-order valence-electron chi connectivity index (χ0n) is 16.8. The number of benzene rings is 2. The van der Waals surface area contributed by atoms with Crippen molar-refractivity contribution in [3.8, 4) is 11.5 Å². The Bertz CT molecular complexity index is 1100. The van der Waals surface area contributed by atoms with Gasteiger partial charge in [-0.1, -0.05) is 22.9 Å². The van der Waals surface area contributed by atoms with Gasteiger partial charge in [-0.2, -0.15) is 0 Å². The van der Waals surface area contributed by atoms with Crippen molar-refractivity contribution in [1.29, 1.82) is 0 Å². The molecule has 2 atom stereocenters. The Labute approximate surface area is 184 Å². The summed E-state index contributed by atoms with van der Waals surface area (Å²) in [6, 6.07) is 11.2. The number of rotatable bonds is 4. The summed E-state index contributed by atoms with van der Waals surface area (Å²) in [4.78, 5) is 22.2. The summed E-state index contributed by atoms with van der Waals surface area (Å²) < 4.78 is 11.8. The number of amides is 1. The number of hydrogen-bond donors (Lipinski definition) is 0. The standard InChI is InChI=1S/C22H22ClN3O3S/c1-28-16-4-5-17(19(8-16)29-2)21(27)25-9-13-11-26(12-14(13)10-25)22-24-18-6-3-15(23)7-20(18)30-22/h3-8,13-14H,9-12H2,1-2H3/t13-,14+. The number of methoxy groups -OCH3 is 2. The first-order chi connectivity index (χ1) is 14.6. The quantitative estimate of drug-likeness (QED) is 0.605. The molecule has 5 rings (SSSR count). The van der Waals surface area contributed by atoms with Crippen LogP contribution in [0.5, 0.6) is 11.5 Å². The van der Waals surface area contributed by atoms with E-state index in [0.717, 1.165) is 46.5 Å². The number of thiazole rings is 1. The number of likely N-dealkylation sites (tertiary alicyclic amines) is 1. The Hall–Kier alpha value is -2.51. The van der Waals surface area contributed by atoms with Crippen molar-refractivity contribution in [2.24, 2.45) is 11.8 Å². The number of carbonyl (C=O) groups is 1. The lowest BCUT2D eigenvalue weighted by molar-refractivity contribution is 0.0779. The summed E-state index contributed by atoms with van der Waals surface area (Å²) in [5.74, 6) is 2.15. The van der Waals surface area contributed by atoms with Crippen molar-refractivity contribution in [1.82, 2.24) is 9.88 Å². The fourth-order valence-electron chi connectivity index (χ4n) is 4.48. The molecule has 0 bridgehead atoms. The lowest BCUT2D eigenvalue weighted by atomic mass is 10.0. The minimum Gasteiger partial charge on any atom is -0.497 e. The summed E-state index contributed by atoms with van der Waals surface area (Å²) in [5.41, 5.74) is 1.57. The average Bonchev–Trinajstić information content (AvgIpc) is 3.44. The smallest absolute Gasteiger partial charge is 0.257 e. The summed E-state index contributed by atoms with van der Waals surface area (Å²) in [7, 11) is 3.18. The van der Waals surface area contributed by atoms with Gasteiger partial charge < -0.3 is 19.3 Å². The van der Waals surface area contributed by atoms with Gasteiger partial charge in [0.1, 0.15) is 11.5 Å². The highest BCUT2D eigenvalue weighted by Crippen LogP contribution is 2.38. The topological polar surface area (TPSA) is 54.9 Å². The fourth-order valence-corrected chi connectivity index (χ4v) is 5.74. The van der Waals surface area contributed by atoms with Crippen LogP contribution in [-0.2, 0) is 0 Å². The van der Waals surface area contributed by atoms with Gasteiger partial charge in [0.2, 0.25) is 0 Å². The number of ether oxygens (including phenoxy) is 2. The highest BCUT2D eigenvalue weighted by atomic mass is 35.5. The van der Waals surface area contributed by atoms with E-state index in [1.54, 1.807) is 43.8 Å². The number of fused-ring (bicyclic) bond motifs is 2. The van der Waals surface area contributed by atoms with Gasteiger partial charge in [0.25, 0.3) is 5.91 Å². The van der Waals surface area contributed by atoms with Crippen LogP contribution in [0.4, 0.5) is 5.13 Å². The molecule has 2 saturated heterocycles. The van der Waals surface area contributed by atoms with Crippen molar-refractivity contribution < 1.29 is 14.3 Å². The van der Waals surface area contributed by atoms with E-state index in [0.29, 0.717) is 28.9 Å². The van der Waals surface area contributed by atoms with Gasteiger partial charge >= 0.3 is 0 Å². The molecular formula is C22H22ClN3O3S. The van der Waals surface area contributed by atoms with Crippen LogP contribution in [0.15, 0.2) is 36.4 Å².